The molecule has 1 amide bonds. The molecule has 8 heteroatoms. The van der Waals surface area contributed by atoms with Crippen molar-refractivity contribution in [3.63, 3.8) is 0 Å². The molecule has 2 saturated heterocycles. The van der Waals surface area contributed by atoms with E-state index in [0.29, 0.717) is 19.6 Å². The molecule has 136 valence electrons. The highest BCUT2D eigenvalue weighted by Gasteiger charge is 2.17. The lowest BCUT2D eigenvalue weighted by molar-refractivity contribution is -0.122. The first-order chi connectivity index (χ1) is 10.8. The van der Waals surface area contributed by atoms with Gasteiger partial charge in [0.2, 0.25) is 5.91 Å². The Hall–Kier alpha value is -1.08. The first-order valence-corrected chi connectivity index (χ1v) is 8.09. The third-order valence-electron chi connectivity index (χ3n) is 4.16. The van der Waals surface area contributed by atoms with Crippen molar-refractivity contribution in [1.82, 2.24) is 15.6 Å². The number of amides is 1. The van der Waals surface area contributed by atoms with Gasteiger partial charge in [-0.3, -0.25) is 4.79 Å². The summed E-state index contributed by atoms with van der Waals surface area (Å²) in [7, 11) is 0. The normalized spacial score (nSPS) is 20.0. The van der Waals surface area contributed by atoms with E-state index in [1.54, 1.807) is 0 Å². The van der Waals surface area contributed by atoms with Gasteiger partial charge in [-0.25, -0.2) is 4.98 Å². The summed E-state index contributed by atoms with van der Waals surface area (Å²) in [4.78, 5) is 18.7. The first-order valence-electron chi connectivity index (χ1n) is 8.09. The fraction of sp³-hybridized carbons (Fsp3) is 0.625. The Labute approximate surface area is 155 Å². The van der Waals surface area contributed by atoms with E-state index in [4.69, 9.17) is 4.74 Å². The molecule has 24 heavy (non-hydrogen) atoms. The number of rotatable bonds is 5. The van der Waals surface area contributed by atoms with Crippen LogP contribution in [0, 0.1) is 0 Å². The van der Waals surface area contributed by atoms with Crippen LogP contribution < -0.4 is 15.5 Å². The molecular formula is C16H26Cl2N4O2. The molecule has 1 unspecified atom stereocenters. The minimum atomic E-state index is 0. The molecule has 0 radical (unpaired) electrons. The molecule has 2 aliphatic rings. The van der Waals surface area contributed by atoms with Crippen LogP contribution in [-0.2, 0) is 16.1 Å². The highest BCUT2D eigenvalue weighted by atomic mass is 35.5. The first kappa shape index (κ1) is 21.0. The predicted octanol–water partition coefficient (Wildman–Crippen LogP) is 1.52. The van der Waals surface area contributed by atoms with Gasteiger partial charge in [0.05, 0.1) is 13.2 Å². The van der Waals surface area contributed by atoms with Crippen molar-refractivity contribution >= 4 is 36.5 Å². The lowest BCUT2D eigenvalue weighted by Gasteiger charge is -2.23. The molecule has 0 spiro atoms. The van der Waals surface area contributed by atoms with Crippen LogP contribution in [0.2, 0.25) is 0 Å². The minimum absolute atomic E-state index is 0. The van der Waals surface area contributed by atoms with Gasteiger partial charge in [0.1, 0.15) is 5.82 Å². The molecule has 1 aromatic heterocycles. The van der Waals surface area contributed by atoms with Gasteiger partial charge >= 0.3 is 0 Å². The van der Waals surface area contributed by atoms with Gasteiger partial charge in [-0.05, 0) is 30.5 Å². The Balaban J connectivity index is 0.00000144. The number of nitrogens with one attached hydrogen (secondary N) is 2. The lowest BCUT2D eigenvalue weighted by Crippen LogP contribution is -2.44. The number of ether oxygens (including phenoxy) is 1. The highest BCUT2D eigenvalue weighted by Crippen LogP contribution is 2.18. The molecule has 0 saturated carbocycles. The number of hydrogen-bond donors (Lipinski definition) is 2. The number of halogens is 2. The zero-order valence-electron chi connectivity index (χ0n) is 13.7. The summed E-state index contributed by atoms with van der Waals surface area (Å²) >= 11 is 0. The Kier molecular flexibility index (Phi) is 9.36. The molecule has 0 aliphatic carbocycles. The van der Waals surface area contributed by atoms with Crippen molar-refractivity contribution < 1.29 is 9.53 Å². The molecule has 0 aromatic carbocycles. The molecular weight excluding hydrogens is 351 g/mol. The largest absolute Gasteiger partial charge is 0.378 e. The van der Waals surface area contributed by atoms with Crippen molar-refractivity contribution in [3.05, 3.63) is 23.9 Å². The average Bonchev–Trinajstić information content (AvgIpc) is 3.09. The van der Waals surface area contributed by atoms with E-state index in [1.165, 1.54) is 12.8 Å². The lowest BCUT2D eigenvalue weighted by atomic mass is 10.2. The number of carbonyl (C=O) groups excluding carboxylic acids is 1. The van der Waals surface area contributed by atoms with Crippen LogP contribution in [-0.4, -0.2) is 49.8 Å². The summed E-state index contributed by atoms with van der Waals surface area (Å²) in [6, 6.07) is 4.17. The van der Waals surface area contributed by atoms with Crippen molar-refractivity contribution in [1.29, 1.82) is 0 Å². The maximum Gasteiger partial charge on any atom is 0.221 e. The van der Waals surface area contributed by atoms with Crippen LogP contribution >= 0.6 is 24.8 Å². The fourth-order valence-electron chi connectivity index (χ4n) is 2.94. The Bertz CT molecular complexity index is 507. The summed E-state index contributed by atoms with van der Waals surface area (Å²) in [5, 5.41) is 6.28. The van der Waals surface area contributed by atoms with Crippen LogP contribution in [0.1, 0.15) is 24.8 Å². The number of morpholine rings is 1. The third kappa shape index (κ3) is 6.09. The summed E-state index contributed by atoms with van der Waals surface area (Å²) in [6.45, 7) is 4.87. The number of carbonyl (C=O) groups is 1. The molecule has 2 N–H and O–H groups in total. The smallest absolute Gasteiger partial charge is 0.221 e. The summed E-state index contributed by atoms with van der Waals surface area (Å²) in [5.74, 6) is 1.08. The van der Waals surface area contributed by atoms with E-state index in [9.17, 15) is 4.79 Å². The van der Waals surface area contributed by atoms with E-state index in [2.05, 4.69) is 26.6 Å². The zero-order chi connectivity index (χ0) is 15.2. The molecule has 6 nitrogen and oxygen atoms in total. The maximum atomic E-state index is 12.0. The van der Waals surface area contributed by atoms with Gasteiger partial charge in [-0.15, -0.1) is 24.8 Å². The Morgan fingerprint density at radius 1 is 1.38 bits per heavy atom. The van der Waals surface area contributed by atoms with Gasteiger partial charge in [-0.2, -0.15) is 0 Å². The standard InChI is InChI=1S/C16H24N4O2.2ClH/c21-16(10-14-12-22-8-5-17-14)19-11-13-3-4-18-15(9-13)20-6-1-2-7-20;;/h3-4,9,14,17H,1-2,5-8,10-12H2,(H,19,21);2*1H. The maximum absolute atomic E-state index is 12.0. The van der Waals surface area contributed by atoms with Gasteiger partial charge < -0.3 is 20.3 Å². The summed E-state index contributed by atoms with van der Waals surface area (Å²) in [5.41, 5.74) is 1.10. The second kappa shape index (κ2) is 10.7. The molecule has 1 atom stereocenters. The number of nitrogens with zero attached hydrogens (tertiary/aromatic N) is 2. The molecule has 0 bridgehead atoms. The minimum Gasteiger partial charge on any atom is -0.378 e. The van der Waals surface area contributed by atoms with Gasteiger partial charge in [0, 0.05) is 44.8 Å². The van der Waals surface area contributed by atoms with Crippen molar-refractivity contribution in [2.75, 3.05) is 37.7 Å². The van der Waals surface area contributed by atoms with E-state index >= 15 is 0 Å². The van der Waals surface area contributed by atoms with Crippen molar-refractivity contribution in [2.45, 2.75) is 31.8 Å². The van der Waals surface area contributed by atoms with Crippen LogP contribution in [0.5, 0.6) is 0 Å². The van der Waals surface area contributed by atoms with E-state index in [-0.39, 0.29) is 36.8 Å². The van der Waals surface area contributed by atoms with Crippen molar-refractivity contribution in [3.8, 4) is 0 Å². The fourth-order valence-corrected chi connectivity index (χ4v) is 2.94. The van der Waals surface area contributed by atoms with Crippen molar-refractivity contribution in [2.24, 2.45) is 0 Å². The summed E-state index contributed by atoms with van der Waals surface area (Å²) in [6.07, 6.45) is 4.76. The molecule has 1 aromatic rings. The number of anilines is 1. The number of aromatic nitrogens is 1. The summed E-state index contributed by atoms with van der Waals surface area (Å²) < 4.78 is 5.36. The van der Waals surface area contributed by atoms with Gasteiger partial charge in [-0.1, -0.05) is 0 Å². The van der Waals surface area contributed by atoms with Gasteiger partial charge in [0.25, 0.3) is 0 Å². The Morgan fingerprint density at radius 2 is 2.17 bits per heavy atom. The monoisotopic (exact) mass is 376 g/mol. The second-order valence-electron chi connectivity index (χ2n) is 5.92. The zero-order valence-corrected chi connectivity index (χ0v) is 15.3. The Morgan fingerprint density at radius 3 is 2.88 bits per heavy atom. The average molecular weight is 377 g/mol. The van der Waals surface area contributed by atoms with E-state index in [1.807, 2.05) is 12.3 Å². The van der Waals surface area contributed by atoms with Crippen LogP contribution in [0.15, 0.2) is 18.3 Å². The van der Waals surface area contributed by atoms with Crippen LogP contribution in [0.3, 0.4) is 0 Å². The number of hydrogen-bond acceptors (Lipinski definition) is 5. The third-order valence-corrected chi connectivity index (χ3v) is 4.16. The number of pyridine rings is 1. The quantitative estimate of drug-likeness (QED) is 0.815. The second-order valence-corrected chi connectivity index (χ2v) is 5.92. The van der Waals surface area contributed by atoms with E-state index < -0.39 is 0 Å². The molecule has 2 fully saturated rings. The highest BCUT2D eigenvalue weighted by molar-refractivity contribution is 5.85. The molecule has 3 rings (SSSR count). The van der Waals surface area contributed by atoms with Crippen LogP contribution in [0.25, 0.3) is 0 Å². The molecule has 2 aliphatic heterocycles. The topological polar surface area (TPSA) is 66.5 Å². The SMILES string of the molecule is Cl.Cl.O=C(CC1COCCN1)NCc1ccnc(N2CCCC2)c1. The van der Waals surface area contributed by atoms with E-state index in [0.717, 1.165) is 37.6 Å². The van der Waals surface area contributed by atoms with Gasteiger partial charge in [0.15, 0.2) is 0 Å². The molecule has 3 heterocycles. The van der Waals surface area contributed by atoms with Crippen LogP contribution in [0.4, 0.5) is 5.82 Å². The predicted molar refractivity (Wildman–Crippen MR) is 99.3 cm³/mol.